The zero-order chi connectivity index (χ0) is 19.8. The Morgan fingerprint density at radius 2 is 2.17 bits per heavy atom. The highest BCUT2D eigenvalue weighted by molar-refractivity contribution is 5.90. The molecule has 9 heteroatoms. The molecule has 0 amide bonds. The first-order chi connectivity index (χ1) is 14.2. The Labute approximate surface area is 165 Å². The van der Waals surface area contributed by atoms with E-state index in [1.54, 1.807) is 18.5 Å². The molecule has 1 unspecified atom stereocenters. The van der Waals surface area contributed by atoms with E-state index in [4.69, 9.17) is 4.74 Å². The molecule has 5 rings (SSSR count). The SMILES string of the molecule is O=[N+]([O-])c1ccc2cccc(OCC3CCCN3c3ncnc4nc[nH]c34)c2c1. The van der Waals surface area contributed by atoms with Crippen molar-refractivity contribution >= 4 is 33.4 Å². The number of H-pyrrole nitrogens is 1. The van der Waals surface area contributed by atoms with Crippen molar-refractivity contribution in [2.75, 3.05) is 18.1 Å². The van der Waals surface area contributed by atoms with Gasteiger partial charge in [-0.05, 0) is 30.4 Å². The molecule has 29 heavy (non-hydrogen) atoms. The first-order valence-electron chi connectivity index (χ1n) is 9.41. The number of rotatable bonds is 5. The van der Waals surface area contributed by atoms with E-state index >= 15 is 0 Å². The van der Waals surface area contributed by atoms with Crippen LogP contribution >= 0.6 is 0 Å². The van der Waals surface area contributed by atoms with Crippen LogP contribution in [0.25, 0.3) is 21.9 Å². The molecule has 1 saturated heterocycles. The van der Waals surface area contributed by atoms with Crippen molar-refractivity contribution in [3.05, 3.63) is 59.2 Å². The number of ether oxygens (including phenoxy) is 1. The molecule has 1 N–H and O–H groups in total. The summed E-state index contributed by atoms with van der Waals surface area (Å²) in [5, 5.41) is 12.8. The largest absolute Gasteiger partial charge is 0.491 e. The molecule has 9 nitrogen and oxygen atoms in total. The Morgan fingerprint density at radius 3 is 3.07 bits per heavy atom. The Hall–Kier alpha value is -3.75. The lowest BCUT2D eigenvalue weighted by Gasteiger charge is -2.26. The fraction of sp³-hybridized carbons (Fsp3) is 0.250. The number of hydrogen-bond acceptors (Lipinski definition) is 7. The molecule has 1 aliphatic heterocycles. The van der Waals surface area contributed by atoms with E-state index in [0.717, 1.165) is 41.5 Å². The number of nitrogens with one attached hydrogen (secondary N) is 1. The fourth-order valence-corrected chi connectivity index (χ4v) is 3.92. The number of nitrogens with zero attached hydrogens (tertiary/aromatic N) is 5. The second kappa shape index (κ2) is 7.01. The van der Waals surface area contributed by atoms with Crippen molar-refractivity contribution in [1.29, 1.82) is 0 Å². The van der Waals surface area contributed by atoms with Gasteiger partial charge in [0.1, 0.15) is 24.2 Å². The molecule has 3 heterocycles. The third kappa shape index (κ3) is 3.10. The van der Waals surface area contributed by atoms with Crippen LogP contribution in [0.5, 0.6) is 5.75 Å². The van der Waals surface area contributed by atoms with Gasteiger partial charge in [0, 0.05) is 24.1 Å². The molecule has 0 radical (unpaired) electrons. The van der Waals surface area contributed by atoms with Gasteiger partial charge in [-0.25, -0.2) is 15.0 Å². The van der Waals surface area contributed by atoms with Crippen LogP contribution in [0.4, 0.5) is 11.5 Å². The number of imidazole rings is 1. The number of benzene rings is 2. The van der Waals surface area contributed by atoms with E-state index in [1.807, 2.05) is 18.2 Å². The van der Waals surface area contributed by atoms with Crippen LogP contribution in [0.1, 0.15) is 12.8 Å². The molecule has 0 aliphatic carbocycles. The normalized spacial score (nSPS) is 16.6. The number of hydrogen-bond donors (Lipinski definition) is 1. The van der Waals surface area contributed by atoms with Crippen LogP contribution in [0.15, 0.2) is 49.1 Å². The Balaban J connectivity index is 1.41. The van der Waals surface area contributed by atoms with E-state index in [0.29, 0.717) is 18.0 Å². The molecule has 1 aliphatic rings. The van der Waals surface area contributed by atoms with Crippen molar-refractivity contribution in [3.8, 4) is 5.75 Å². The molecule has 1 atom stereocenters. The van der Waals surface area contributed by atoms with E-state index in [9.17, 15) is 10.1 Å². The molecule has 0 bridgehead atoms. The lowest BCUT2D eigenvalue weighted by Crippen LogP contribution is -2.35. The van der Waals surface area contributed by atoms with Gasteiger partial charge in [0.05, 0.1) is 17.3 Å². The molecule has 2 aromatic carbocycles. The van der Waals surface area contributed by atoms with Crippen molar-refractivity contribution in [2.24, 2.45) is 0 Å². The highest BCUT2D eigenvalue weighted by Crippen LogP contribution is 2.31. The Kier molecular flexibility index (Phi) is 4.19. The van der Waals surface area contributed by atoms with Crippen LogP contribution in [0, 0.1) is 10.1 Å². The standard InChI is InChI=1S/C20H18N6O3/c27-26(28)14-7-6-13-3-1-5-17(16(13)9-14)29-10-15-4-2-8-25(15)20-18-19(22-11-21-18)23-12-24-20/h1,3,5-7,9,11-12,15H,2,4,8,10H2,(H,21,22,23,24). The number of nitro groups is 1. The first kappa shape index (κ1) is 17.4. The zero-order valence-corrected chi connectivity index (χ0v) is 15.5. The molecule has 4 aromatic rings. The summed E-state index contributed by atoms with van der Waals surface area (Å²) in [6.45, 7) is 1.33. The second-order valence-electron chi connectivity index (χ2n) is 7.02. The van der Waals surface area contributed by atoms with Crippen LogP contribution in [-0.2, 0) is 0 Å². The smallest absolute Gasteiger partial charge is 0.270 e. The third-order valence-electron chi connectivity index (χ3n) is 5.32. The lowest BCUT2D eigenvalue weighted by atomic mass is 10.1. The van der Waals surface area contributed by atoms with Crippen molar-refractivity contribution in [2.45, 2.75) is 18.9 Å². The number of aromatic amines is 1. The molecule has 1 fully saturated rings. The first-order valence-corrected chi connectivity index (χ1v) is 9.41. The highest BCUT2D eigenvalue weighted by atomic mass is 16.6. The van der Waals surface area contributed by atoms with Gasteiger partial charge in [-0.15, -0.1) is 0 Å². The average Bonchev–Trinajstić information content (AvgIpc) is 3.40. The summed E-state index contributed by atoms with van der Waals surface area (Å²) in [6, 6.07) is 10.6. The molecule has 0 saturated carbocycles. The molecular formula is C20H18N6O3. The van der Waals surface area contributed by atoms with Crippen LogP contribution < -0.4 is 9.64 Å². The predicted octanol–water partition coefficient (Wildman–Crippen LogP) is 3.46. The minimum Gasteiger partial charge on any atom is -0.491 e. The van der Waals surface area contributed by atoms with Gasteiger partial charge in [0.2, 0.25) is 0 Å². The van der Waals surface area contributed by atoms with Gasteiger partial charge in [0.15, 0.2) is 11.5 Å². The highest BCUT2D eigenvalue weighted by Gasteiger charge is 2.28. The number of fused-ring (bicyclic) bond motifs is 2. The number of anilines is 1. The van der Waals surface area contributed by atoms with Gasteiger partial charge in [0.25, 0.3) is 5.69 Å². The molecule has 0 spiro atoms. The van der Waals surface area contributed by atoms with Crippen LogP contribution in [0.3, 0.4) is 0 Å². The maximum absolute atomic E-state index is 11.1. The summed E-state index contributed by atoms with van der Waals surface area (Å²) >= 11 is 0. The van der Waals surface area contributed by atoms with E-state index in [-0.39, 0.29) is 16.7 Å². The number of non-ortho nitro benzene ring substituents is 1. The second-order valence-corrected chi connectivity index (χ2v) is 7.02. The van der Waals surface area contributed by atoms with Gasteiger partial charge in [-0.3, -0.25) is 10.1 Å². The van der Waals surface area contributed by atoms with Gasteiger partial charge in [-0.1, -0.05) is 12.1 Å². The van der Waals surface area contributed by atoms with Gasteiger partial charge >= 0.3 is 0 Å². The maximum Gasteiger partial charge on any atom is 0.270 e. The Morgan fingerprint density at radius 1 is 1.24 bits per heavy atom. The van der Waals surface area contributed by atoms with Crippen molar-refractivity contribution in [1.82, 2.24) is 19.9 Å². The van der Waals surface area contributed by atoms with Gasteiger partial charge < -0.3 is 14.6 Å². The summed E-state index contributed by atoms with van der Waals surface area (Å²) in [5.74, 6) is 1.47. The number of aromatic nitrogens is 4. The minimum atomic E-state index is -0.389. The van der Waals surface area contributed by atoms with Crippen molar-refractivity contribution in [3.63, 3.8) is 0 Å². The maximum atomic E-state index is 11.1. The third-order valence-corrected chi connectivity index (χ3v) is 5.32. The molecular weight excluding hydrogens is 372 g/mol. The summed E-state index contributed by atoms with van der Waals surface area (Å²) in [6.07, 6.45) is 5.16. The summed E-state index contributed by atoms with van der Waals surface area (Å²) in [5.41, 5.74) is 1.52. The predicted molar refractivity (Wildman–Crippen MR) is 108 cm³/mol. The average molecular weight is 390 g/mol. The lowest BCUT2D eigenvalue weighted by molar-refractivity contribution is -0.384. The fourth-order valence-electron chi connectivity index (χ4n) is 3.92. The molecule has 2 aromatic heterocycles. The van der Waals surface area contributed by atoms with Crippen LogP contribution in [-0.4, -0.2) is 44.1 Å². The topological polar surface area (TPSA) is 110 Å². The van der Waals surface area contributed by atoms with Crippen molar-refractivity contribution < 1.29 is 9.66 Å². The Bertz CT molecular complexity index is 1210. The van der Waals surface area contributed by atoms with Gasteiger partial charge in [-0.2, -0.15) is 0 Å². The summed E-state index contributed by atoms with van der Waals surface area (Å²) in [7, 11) is 0. The van der Waals surface area contributed by atoms with E-state index in [1.165, 1.54) is 12.4 Å². The summed E-state index contributed by atoms with van der Waals surface area (Å²) < 4.78 is 6.15. The van der Waals surface area contributed by atoms with E-state index < -0.39 is 0 Å². The monoisotopic (exact) mass is 390 g/mol. The molecule has 146 valence electrons. The quantitative estimate of drug-likeness (QED) is 0.410. The minimum absolute atomic E-state index is 0.0543. The number of nitro benzene ring substituents is 1. The van der Waals surface area contributed by atoms with Crippen LogP contribution in [0.2, 0.25) is 0 Å². The zero-order valence-electron chi connectivity index (χ0n) is 15.5. The summed E-state index contributed by atoms with van der Waals surface area (Å²) in [4.78, 5) is 28.9. The van der Waals surface area contributed by atoms with E-state index in [2.05, 4.69) is 24.8 Å².